The van der Waals surface area contributed by atoms with Crippen LogP contribution in [-0.2, 0) is 22.4 Å². The van der Waals surface area contributed by atoms with Gasteiger partial charge in [0.15, 0.2) is 0 Å². The number of aryl methyl sites for hydroxylation is 1. The zero-order valence-corrected chi connectivity index (χ0v) is 13.8. The van der Waals surface area contributed by atoms with E-state index < -0.39 is 11.9 Å². The number of carboxylic acids is 2. The highest BCUT2D eigenvalue weighted by Gasteiger charge is 2.22. The fraction of sp³-hybridized carbons (Fsp3) is 0.235. The monoisotopic (exact) mass is 346 g/mol. The molecule has 1 heterocycles. The largest absolute Gasteiger partial charge is 0.478 e. The molecule has 0 unspecified atom stereocenters. The highest BCUT2D eigenvalue weighted by Crippen LogP contribution is 2.39. The average Bonchev–Trinajstić information content (AvgIpc) is 3.09. The molecule has 0 atom stereocenters. The van der Waals surface area contributed by atoms with E-state index in [4.69, 9.17) is 20.9 Å². The second-order valence-electron chi connectivity index (χ2n) is 5.12. The minimum atomic E-state index is -1.26. The van der Waals surface area contributed by atoms with E-state index in [1.54, 1.807) is 0 Å². The number of aliphatic carboxylic acids is 2. The molecule has 0 radical (unpaired) electrons. The Bertz CT molecular complexity index is 752. The molecule has 126 valence electrons. The normalized spacial score (nSPS) is 11.5. The van der Waals surface area contributed by atoms with Gasteiger partial charge in [0.05, 0.1) is 10.7 Å². The van der Waals surface area contributed by atoms with Gasteiger partial charge in [0, 0.05) is 35.4 Å². The van der Waals surface area contributed by atoms with E-state index in [1.807, 2.05) is 11.3 Å². The maximum Gasteiger partial charge on any atom is 0.328 e. The third-order valence-electron chi connectivity index (χ3n) is 3.33. The predicted molar refractivity (Wildman–Crippen MR) is 92.1 cm³/mol. The molecular formula is C17H18N2O4S. The van der Waals surface area contributed by atoms with Crippen LogP contribution in [0.25, 0.3) is 11.3 Å². The predicted octanol–water partition coefficient (Wildman–Crippen LogP) is 2.32. The third-order valence-corrected chi connectivity index (χ3v) is 4.44. The molecule has 0 fully saturated rings. The Morgan fingerprint density at radius 2 is 1.88 bits per heavy atom. The molecule has 0 amide bonds. The highest BCUT2D eigenvalue weighted by molar-refractivity contribution is 7.12. The summed E-state index contributed by atoms with van der Waals surface area (Å²) in [5.41, 5.74) is 9.48. The third kappa shape index (κ3) is 4.74. The molecule has 2 aromatic rings. The summed E-state index contributed by atoms with van der Waals surface area (Å²) in [6.45, 7) is 0.751. The maximum absolute atomic E-state index is 9.55. The average molecular weight is 346 g/mol. The van der Waals surface area contributed by atoms with Crippen LogP contribution >= 0.6 is 11.3 Å². The maximum atomic E-state index is 9.55. The van der Waals surface area contributed by atoms with Crippen molar-refractivity contribution < 1.29 is 19.8 Å². The molecule has 0 saturated heterocycles. The lowest BCUT2D eigenvalue weighted by atomic mass is 10.1. The Hall–Kier alpha value is -2.51. The second-order valence-corrected chi connectivity index (χ2v) is 6.28. The van der Waals surface area contributed by atoms with E-state index in [9.17, 15) is 9.59 Å². The van der Waals surface area contributed by atoms with Crippen molar-refractivity contribution in [2.24, 2.45) is 5.73 Å². The van der Waals surface area contributed by atoms with E-state index in [1.165, 1.54) is 26.7 Å². The number of benzene rings is 1. The number of nitrogens with zero attached hydrogens (tertiary/aromatic N) is 1. The highest BCUT2D eigenvalue weighted by atomic mass is 32.1. The van der Waals surface area contributed by atoms with Gasteiger partial charge >= 0.3 is 11.9 Å². The Kier molecular flexibility index (Phi) is 6.22. The molecule has 6 nitrogen and oxygen atoms in total. The van der Waals surface area contributed by atoms with E-state index in [2.05, 4.69) is 24.3 Å². The zero-order valence-electron chi connectivity index (χ0n) is 12.9. The van der Waals surface area contributed by atoms with Gasteiger partial charge in [-0.05, 0) is 18.5 Å². The minimum Gasteiger partial charge on any atom is -0.478 e. The number of thiazole rings is 1. The number of fused-ring (bicyclic) bond motifs is 3. The molecule has 1 aliphatic rings. The van der Waals surface area contributed by atoms with Crippen molar-refractivity contribution in [3.8, 4) is 11.3 Å². The van der Waals surface area contributed by atoms with Crippen LogP contribution in [0.1, 0.15) is 21.9 Å². The number of aromatic nitrogens is 1. The molecule has 1 aliphatic carbocycles. The first-order valence-corrected chi connectivity index (χ1v) is 8.23. The molecule has 1 aromatic heterocycles. The van der Waals surface area contributed by atoms with Crippen LogP contribution in [0.15, 0.2) is 36.4 Å². The SMILES string of the molecule is NCCCc1nc2c(s1)Cc1ccccc1-2.O=C(O)/C=C/C(=O)O. The topological polar surface area (TPSA) is 114 Å². The van der Waals surface area contributed by atoms with Crippen LogP contribution in [0.5, 0.6) is 0 Å². The molecule has 0 saturated carbocycles. The van der Waals surface area contributed by atoms with Crippen LogP contribution in [-0.4, -0.2) is 33.7 Å². The van der Waals surface area contributed by atoms with Crippen molar-refractivity contribution >= 4 is 23.3 Å². The molecule has 7 heteroatoms. The van der Waals surface area contributed by atoms with Gasteiger partial charge in [-0.2, -0.15) is 0 Å². The van der Waals surface area contributed by atoms with Gasteiger partial charge in [-0.25, -0.2) is 14.6 Å². The summed E-state index contributed by atoms with van der Waals surface area (Å²) >= 11 is 1.85. The fourth-order valence-electron chi connectivity index (χ4n) is 2.31. The standard InChI is InChI=1S/C13H14N2S.C4H4O4/c14-7-3-6-12-15-13-10-5-2-1-4-9(10)8-11(13)16-12;5-3(6)1-2-4(7)8/h1-2,4-5H,3,6-8,14H2;1-2H,(H,5,6)(H,7,8)/b;2-1+. The van der Waals surface area contributed by atoms with Gasteiger partial charge in [-0.15, -0.1) is 11.3 Å². The Morgan fingerprint density at radius 1 is 1.21 bits per heavy atom. The number of carbonyl (C=O) groups is 2. The summed E-state index contributed by atoms with van der Waals surface area (Å²) in [5, 5.41) is 16.9. The molecule has 4 N–H and O–H groups in total. The number of hydrogen-bond acceptors (Lipinski definition) is 5. The minimum absolute atomic E-state index is 0.558. The van der Waals surface area contributed by atoms with Crippen LogP contribution in [0.4, 0.5) is 0 Å². The van der Waals surface area contributed by atoms with Crippen molar-refractivity contribution in [2.45, 2.75) is 19.3 Å². The molecule has 0 bridgehead atoms. The Morgan fingerprint density at radius 3 is 2.50 bits per heavy atom. The first-order valence-electron chi connectivity index (χ1n) is 7.42. The van der Waals surface area contributed by atoms with Gasteiger partial charge in [-0.1, -0.05) is 24.3 Å². The van der Waals surface area contributed by atoms with E-state index in [0.717, 1.165) is 25.8 Å². The Balaban J connectivity index is 0.000000224. The summed E-state index contributed by atoms with van der Waals surface area (Å²) in [6.07, 6.45) is 4.24. The van der Waals surface area contributed by atoms with E-state index in [-0.39, 0.29) is 0 Å². The van der Waals surface area contributed by atoms with Crippen molar-refractivity contribution in [3.05, 3.63) is 51.9 Å². The summed E-state index contributed by atoms with van der Waals surface area (Å²) in [4.78, 5) is 25.3. The lowest BCUT2D eigenvalue weighted by Crippen LogP contribution is -1.99. The second kappa shape index (κ2) is 8.37. The van der Waals surface area contributed by atoms with Crippen LogP contribution < -0.4 is 5.73 Å². The molecule has 1 aromatic carbocycles. The van der Waals surface area contributed by atoms with Crippen molar-refractivity contribution in [3.63, 3.8) is 0 Å². The molecule has 3 rings (SSSR count). The summed E-state index contributed by atoms with van der Waals surface area (Å²) < 4.78 is 0. The number of hydrogen-bond donors (Lipinski definition) is 3. The molecule has 0 spiro atoms. The lowest BCUT2D eigenvalue weighted by Gasteiger charge is -1.97. The van der Waals surface area contributed by atoms with Gasteiger partial charge in [0.2, 0.25) is 0 Å². The van der Waals surface area contributed by atoms with Crippen molar-refractivity contribution in [1.29, 1.82) is 0 Å². The van der Waals surface area contributed by atoms with Gasteiger partial charge < -0.3 is 15.9 Å². The first-order chi connectivity index (χ1) is 11.5. The smallest absolute Gasteiger partial charge is 0.328 e. The quantitative estimate of drug-likeness (QED) is 0.611. The summed E-state index contributed by atoms with van der Waals surface area (Å²) in [6, 6.07) is 8.56. The summed E-state index contributed by atoms with van der Waals surface area (Å²) in [7, 11) is 0. The number of carboxylic acid groups (broad SMARTS) is 2. The molecule has 24 heavy (non-hydrogen) atoms. The number of nitrogens with two attached hydrogens (primary N) is 1. The molecular weight excluding hydrogens is 328 g/mol. The van der Waals surface area contributed by atoms with Gasteiger partial charge in [0.25, 0.3) is 0 Å². The zero-order chi connectivity index (χ0) is 17.5. The van der Waals surface area contributed by atoms with Crippen LogP contribution in [0.2, 0.25) is 0 Å². The van der Waals surface area contributed by atoms with E-state index >= 15 is 0 Å². The summed E-state index contributed by atoms with van der Waals surface area (Å²) in [5.74, 6) is -2.51. The van der Waals surface area contributed by atoms with Gasteiger partial charge in [0.1, 0.15) is 0 Å². The molecule has 0 aliphatic heterocycles. The fourth-order valence-corrected chi connectivity index (χ4v) is 3.46. The lowest BCUT2D eigenvalue weighted by molar-refractivity contribution is -0.134. The first kappa shape index (κ1) is 17.8. The Labute approximate surface area is 143 Å². The van der Waals surface area contributed by atoms with Gasteiger partial charge in [-0.3, -0.25) is 0 Å². The van der Waals surface area contributed by atoms with Crippen molar-refractivity contribution in [1.82, 2.24) is 4.98 Å². The van der Waals surface area contributed by atoms with E-state index in [0.29, 0.717) is 12.2 Å². The number of rotatable bonds is 5. The van der Waals surface area contributed by atoms with Crippen molar-refractivity contribution in [2.75, 3.05) is 6.54 Å². The van der Waals surface area contributed by atoms with Crippen LogP contribution in [0, 0.1) is 0 Å². The van der Waals surface area contributed by atoms with Crippen LogP contribution in [0.3, 0.4) is 0 Å².